The Morgan fingerprint density at radius 3 is 2.71 bits per heavy atom. The molecule has 17 heavy (non-hydrogen) atoms. The smallest absolute Gasteiger partial charge is 0.0186 e. The third kappa shape index (κ3) is 5.84. The summed E-state index contributed by atoms with van der Waals surface area (Å²) in [6.45, 7) is 9.54. The van der Waals surface area contributed by atoms with E-state index >= 15 is 0 Å². The molecule has 1 aliphatic rings. The molecule has 2 unspecified atom stereocenters. The molecule has 1 saturated heterocycles. The molecule has 0 aromatic rings. The van der Waals surface area contributed by atoms with E-state index < -0.39 is 0 Å². The van der Waals surface area contributed by atoms with Crippen LogP contribution in [0.3, 0.4) is 0 Å². The molecule has 0 aromatic heterocycles. The SMILES string of the molecule is CCCN1CCCC(NCC(C)N(C)C)CC1. The van der Waals surface area contributed by atoms with Crippen LogP contribution < -0.4 is 5.32 Å². The van der Waals surface area contributed by atoms with Gasteiger partial charge in [0.1, 0.15) is 0 Å². The first-order valence-corrected chi connectivity index (χ1v) is 7.25. The summed E-state index contributed by atoms with van der Waals surface area (Å²) in [6.07, 6.45) is 5.31. The van der Waals surface area contributed by atoms with E-state index in [1.807, 2.05) is 0 Å². The van der Waals surface area contributed by atoms with Gasteiger partial charge in [-0.2, -0.15) is 0 Å². The molecule has 3 nitrogen and oxygen atoms in total. The molecule has 0 radical (unpaired) electrons. The van der Waals surface area contributed by atoms with Crippen LogP contribution in [0.25, 0.3) is 0 Å². The molecule has 1 heterocycles. The van der Waals surface area contributed by atoms with Crippen LogP contribution in [-0.4, -0.2) is 62.2 Å². The molecule has 2 atom stereocenters. The zero-order valence-electron chi connectivity index (χ0n) is 12.2. The summed E-state index contributed by atoms with van der Waals surface area (Å²) in [5.74, 6) is 0. The third-order valence-electron chi connectivity index (χ3n) is 3.94. The van der Waals surface area contributed by atoms with Crippen LogP contribution in [0.15, 0.2) is 0 Å². The zero-order valence-corrected chi connectivity index (χ0v) is 12.2. The van der Waals surface area contributed by atoms with E-state index in [0.29, 0.717) is 6.04 Å². The average Bonchev–Trinajstić information content (AvgIpc) is 2.52. The van der Waals surface area contributed by atoms with E-state index in [1.54, 1.807) is 0 Å². The molecule has 0 aromatic carbocycles. The van der Waals surface area contributed by atoms with Crippen LogP contribution in [-0.2, 0) is 0 Å². The van der Waals surface area contributed by atoms with Gasteiger partial charge in [0.2, 0.25) is 0 Å². The molecule has 0 bridgehead atoms. The second kappa shape index (κ2) is 8.06. The summed E-state index contributed by atoms with van der Waals surface area (Å²) in [6, 6.07) is 1.37. The lowest BCUT2D eigenvalue weighted by Crippen LogP contribution is -2.40. The fraction of sp³-hybridized carbons (Fsp3) is 1.00. The minimum atomic E-state index is 0.630. The number of rotatable bonds is 6. The van der Waals surface area contributed by atoms with Crippen molar-refractivity contribution in [3.05, 3.63) is 0 Å². The third-order valence-corrected chi connectivity index (χ3v) is 3.94. The Morgan fingerprint density at radius 1 is 1.29 bits per heavy atom. The molecule has 3 heteroatoms. The average molecular weight is 241 g/mol. The number of hydrogen-bond donors (Lipinski definition) is 1. The summed E-state index contributed by atoms with van der Waals surface area (Å²) in [7, 11) is 4.31. The summed E-state index contributed by atoms with van der Waals surface area (Å²) in [4.78, 5) is 4.91. The highest BCUT2D eigenvalue weighted by Gasteiger charge is 2.16. The fourth-order valence-corrected chi connectivity index (χ4v) is 2.42. The molecular formula is C14H31N3. The van der Waals surface area contributed by atoms with E-state index in [0.717, 1.165) is 12.6 Å². The van der Waals surface area contributed by atoms with Crippen molar-refractivity contribution in [3.8, 4) is 0 Å². The molecule has 0 amide bonds. The van der Waals surface area contributed by atoms with Crippen LogP contribution in [0, 0.1) is 0 Å². The molecule has 0 saturated carbocycles. The quantitative estimate of drug-likeness (QED) is 0.765. The van der Waals surface area contributed by atoms with E-state index in [-0.39, 0.29) is 0 Å². The van der Waals surface area contributed by atoms with E-state index in [1.165, 1.54) is 45.3 Å². The predicted octanol–water partition coefficient (Wildman–Crippen LogP) is 1.79. The van der Waals surface area contributed by atoms with Crippen molar-refractivity contribution in [3.63, 3.8) is 0 Å². The molecule has 0 spiro atoms. The Bertz CT molecular complexity index is 194. The number of likely N-dealkylation sites (tertiary alicyclic amines) is 1. The van der Waals surface area contributed by atoms with Crippen LogP contribution in [0.5, 0.6) is 0 Å². The standard InChI is InChI=1S/C14H31N3/c1-5-9-17-10-6-7-14(8-11-17)15-12-13(2)16(3)4/h13-15H,5-12H2,1-4H3. The molecule has 1 aliphatic heterocycles. The molecule has 1 N–H and O–H groups in total. The summed E-state index contributed by atoms with van der Waals surface area (Å²) < 4.78 is 0. The van der Waals surface area contributed by atoms with Crippen molar-refractivity contribution in [1.82, 2.24) is 15.1 Å². The second-order valence-electron chi connectivity index (χ2n) is 5.69. The van der Waals surface area contributed by atoms with Gasteiger partial charge in [0.15, 0.2) is 0 Å². The Labute approximate surface area is 108 Å². The topological polar surface area (TPSA) is 18.5 Å². The fourth-order valence-electron chi connectivity index (χ4n) is 2.42. The van der Waals surface area contributed by atoms with Gasteiger partial charge in [-0.1, -0.05) is 6.92 Å². The first kappa shape index (κ1) is 14.9. The lowest BCUT2D eigenvalue weighted by molar-refractivity contribution is 0.274. The van der Waals surface area contributed by atoms with Gasteiger partial charge >= 0.3 is 0 Å². The van der Waals surface area contributed by atoms with E-state index in [9.17, 15) is 0 Å². The molecule has 1 rings (SSSR count). The van der Waals surface area contributed by atoms with Gasteiger partial charge in [0, 0.05) is 18.6 Å². The van der Waals surface area contributed by atoms with Crippen molar-refractivity contribution in [2.75, 3.05) is 40.3 Å². The van der Waals surface area contributed by atoms with E-state index in [2.05, 4.69) is 43.1 Å². The van der Waals surface area contributed by atoms with Crippen LogP contribution >= 0.6 is 0 Å². The van der Waals surface area contributed by atoms with Gasteiger partial charge in [0.25, 0.3) is 0 Å². The van der Waals surface area contributed by atoms with Gasteiger partial charge < -0.3 is 15.1 Å². The summed E-state index contributed by atoms with van der Waals surface area (Å²) in [5, 5.41) is 3.74. The molecular weight excluding hydrogens is 210 g/mol. The second-order valence-corrected chi connectivity index (χ2v) is 5.69. The Kier molecular flexibility index (Phi) is 7.09. The Hall–Kier alpha value is -0.120. The largest absolute Gasteiger partial charge is 0.312 e. The first-order chi connectivity index (χ1) is 8.13. The van der Waals surface area contributed by atoms with Gasteiger partial charge in [0.05, 0.1) is 0 Å². The maximum absolute atomic E-state index is 3.74. The number of hydrogen-bond acceptors (Lipinski definition) is 3. The highest BCUT2D eigenvalue weighted by molar-refractivity contribution is 4.76. The van der Waals surface area contributed by atoms with Crippen molar-refractivity contribution in [2.24, 2.45) is 0 Å². The van der Waals surface area contributed by atoms with Gasteiger partial charge in [-0.3, -0.25) is 0 Å². The van der Waals surface area contributed by atoms with Crippen LogP contribution in [0.4, 0.5) is 0 Å². The highest BCUT2D eigenvalue weighted by atomic mass is 15.1. The van der Waals surface area contributed by atoms with Crippen molar-refractivity contribution >= 4 is 0 Å². The van der Waals surface area contributed by atoms with Crippen molar-refractivity contribution in [1.29, 1.82) is 0 Å². The lowest BCUT2D eigenvalue weighted by atomic mass is 10.1. The molecule has 1 fully saturated rings. The molecule has 102 valence electrons. The maximum atomic E-state index is 3.74. The van der Waals surface area contributed by atoms with Crippen LogP contribution in [0.2, 0.25) is 0 Å². The Balaban J connectivity index is 2.22. The number of likely N-dealkylation sites (N-methyl/N-ethyl adjacent to an activating group) is 1. The normalized spacial score (nSPS) is 24.9. The van der Waals surface area contributed by atoms with Gasteiger partial charge in [-0.25, -0.2) is 0 Å². The highest BCUT2D eigenvalue weighted by Crippen LogP contribution is 2.11. The van der Waals surface area contributed by atoms with Crippen LogP contribution in [0.1, 0.15) is 39.5 Å². The van der Waals surface area contributed by atoms with Crippen molar-refractivity contribution in [2.45, 2.75) is 51.6 Å². The number of nitrogens with one attached hydrogen (secondary N) is 1. The zero-order chi connectivity index (χ0) is 12.7. The first-order valence-electron chi connectivity index (χ1n) is 7.25. The predicted molar refractivity (Wildman–Crippen MR) is 75.5 cm³/mol. The van der Waals surface area contributed by atoms with Gasteiger partial charge in [-0.15, -0.1) is 0 Å². The summed E-state index contributed by atoms with van der Waals surface area (Å²) in [5.41, 5.74) is 0. The Morgan fingerprint density at radius 2 is 2.06 bits per heavy atom. The van der Waals surface area contributed by atoms with E-state index in [4.69, 9.17) is 0 Å². The minimum absolute atomic E-state index is 0.630. The monoisotopic (exact) mass is 241 g/mol. The lowest BCUT2D eigenvalue weighted by Gasteiger charge is -2.24. The van der Waals surface area contributed by atoms with Gasteiger partial charge in [-0.05, 0) is 66.3 Å². The maximum Gasteiger partial charge on any atom is 0.0186 e. The number of nitrogens with zero attached hydrogens (tertiary/aromatic N) is 2. The molecule has 0 aliphatic carbocycles. The summed E-state index contributed by atoms with van der Waals surface area (Å²) >= 11 is 0. The van der Waals surface area contributed by atoms with Crippen molar-refractivity contribution < 1.29 is 0 Å². The minimum Gasteiger partial charge on any atom is -0.312 e.